The lowest BCUT2D eigenvalue weighted by atomic mass is 10.0. The molecule has 0 unspecified atom stereocenters. The van der Waals surface area contributed by atoms with Gasteiger partial charge in [-0.2, -0.15) is 0 Å². The topological polar surface area (TPSA) is 58.2 Å². The van der Waals surface area contributed by atoms with Crippen molar-refractivity contribution in [2.24, 2.45) is 5.92 Å². The Morgan fingerprint density at radius 1 is 1.15 bits per heavy atom. The first-order valence-electron chi connectivity index (χ1n) is 7.00. The Hall–Kier alpha value is -1.07. The number of hydrogen-bond donors (Lipinski definition) is 2. The van der Waals surface area contributed by atoms with Crippen LogP contribution >= 0.6 is 0 Å². The Balaban J connectivity index is 2.39. The summed E-state index contributed by atoms with van der Waals surface area (Å²) in [4.78, 5) is 0.408. The van der Waals surface area contributed by atoms with Crippen LogP contribution in [0.5, 0.6) is 0 Å². The molecule has 1 aliphatic rings. The molecule has 0 bridgehead atoms. The van der Waals surface area contributed by atoms with Crippen molar-refractivity contribution >= 4 is 15.7 Å². The zero-order valence-corrected chi connectivity index (χ0v) is 13.7. The molecule has 0 aromatic heterocycles. The lowest BCUT2D eigenvalue weighted by Crippen LogP contribution is -2.45. The van der Waals surface area contributed by atoms with Gasteiger partial charge in [-0.05, 0) is 69.7 Å². The summed E-state index contributed by atoms with van der Waals surface area (Å²) in [6.07, 6.45) is 2.21. The van der Waals surface area contributed by atoms with Gasteiger partial charge in [-0.15, -0.1) is 0 Å². The molecule has 0 amide bonds. The van der Waals surface area contributed by atoms with Gasteiger partial charge in [0.2, 0.25) is 10.0 Å². The zero-order chi connectivity index (χ0) is 15.1. The van der Waals surface area contributed by atoms with E-state index in [1.54, 1.807) is 0 Å². The lowest BCUT2D eigenvalue weighted by molar-refractivity contribution is 0.400. The molecule has 2 rings (SSSR count). The fraction of sp³-hybridized carbons (Fsp3) is 0.600. The maximum Gasteiger partial charge on any atom is 0.241 e. The molecule has 0 aliphatic heterocycles. The van der Waals surface area contributed by atoms with Crippen LogP contribution in [0, 0.1) is 19.8 Å². The smallest absolute Gasteiger partial charge is 0.241 e. The maximum atomic E-state index is 12.7. The minimum Gasteiger partial charge on any atom is -0.388 e. The standard InChI is InChI=1S/C15H24N2O2S/c1-10-8-13(16-5)9-11(2)14(10)20(18,19)17-15(3,4)12-6-7-12/h8-9,12,16-17H,6-7H2,1-5H3. The van der Waals surface area contributed by atoms with Crippen molar-refractivity contribution in [2.45, 2.75) is 51.0 Å². The van der Waals surface area contributed by atoms with Crippen molar-refractivity contribution in [2.75, 3.05) is 12.4 Å². The van der Waals surface area contributed by atoms with Gasteiger partial charge < -0.3 is 5.32 Å². The molecule has 112 valence electrons. The summed E-state index contributed by atoms with van der Waals surface area (Å²) in [5.41, 5.74) is 2.10. The SMILES string of the molecule is CNc1cc(C)c(S(=O)(=O)NC(C)(C)C2CC2)c(C)c1. The highest BCUT2D eigenvalue weighted by molar-refractivity contribution is 7.89. The van der Waals surface area contributed by atoms with Crippen LogP contribution in [0.1, 0.15) is 37.8 Å². The van der Waals surface area contributed by atoms with Gasteiger partial charge in [0.25, 0.3) is 0 Å². The van der Waals surface area contributed by atoms with Gasteiger partial charge in [-0.25, -0.2) is 13.1 Å². The van der Waals surface area contributed by atoms with Crippen molar-refractivity contribution in [3.8, 4) is 0 Å². The molecule has 1 aromatic rings. The van der Waals surface area contributed by atoms with Gasteiger partial charge in [0.05, 0.1) is 4.90 Å². The Bertz CT molecular complexity index is 594. The monoisotopic (exact) mass is 296 g/mol. The summed E-state index contributed by atoms with van der Waals surface area (Å²) < 4.78 is 28.3. The summed E-state index contributed by atoms with van der Waals surface area (Å²) in [5, 5.41) is 3.05. The molecule has 5 heteroatoms. The third-order valence-electron chi connectivity index (χ3n) is 4.01. The average Bonchev–Trinajstić information content (AvgIpc) is 3.09. The van der Waals surface area contributed by atoms with Crippen molar-refractivity contribution in [3.05, 3.63) is 23.3 Å². The van der Waals surface area contributed by atoms with Gasteiger partial charge in [0.15, 0.2) is 0 Å². The van der Waals surface area contributed by atoms with Crippen molar-refractivity contribution in [1.29, 1.82) is 0 Å². The number of sulfonamides is 1. The average molecular weight is 296 g/mol. The normalized spacial score (nSPS) is 16.2. The Kier molecular flexibility index (Phi) is 3.86. The van der Waals surface area contributed by atoms with E-state index in [4.69, 9.17) is 0 Å². The number of aryl methyl sites for hydroxylation is 2. The van der Waals surface area contributed by atoms with Crippen LogP contribution in [0.3, 0.4) is 0 Å². The lowest BCUT2D eigenvalue weighted by Gasteiger charge is -2.27. The van der Waals surface area contributed by atoms with E-state index in [0.29, 0.717) is 10.8 Å². The van der Waals surface area contributed by atoms with Gasteiger partial charge in [-0.3, -0.25) is 0 Å². The third kappa shape index (κ3) is 2.99. The van der Waals surface area contributed by atoms with Crippen LogP contribution in [0.2, 0.25) is 0 Å². The van der Waals surface area contributed by atoms with Crippen LogP contribution in [-0.2, 0) is 10.0 Å². The van der Waals surface area contributed by atoms with Crippen molar-refractivity contribution in [1.82, 2.24) is 4.72 Å². The van der Waals surface area contributed by atoms with Crippen LogP contribution in [-0.4, -0.2) is 21.0 Å². The fourth-order valence-electron chi connectivity index (χ4n) is 2.80. The first-order chi connectivity index (χ1) is 9.17. The second-order valence-electron chi connectivity index (χ2n) is 6.29. The summed E-state index contributed by atoms with van der Waals surface area (Å²) in [7, 11) is -1.66. The number of hydrogen-bond acceptors (Lipinski definition) is 3. The van der Waals surface area contributed by atoms with Crippen LogP contribution < -0.4 is 10.0 Å². The van der Waals surface area contributed by atoms with E-state index in [9.17, 15) is 8.42 Å². The zero-order valence-electron chi connectivity index (χ0n) is 12.9. The van der Waals surface area contributed by atoms with Gasteiger partial charge in [0, 0.05) is 18.3 Å². The molecule has 0 spiro atoms. The maximum absolute atomic E-state index is 12.7. The van der Waals surface area contributed by atoms with E-state index in [1.165, 1.54) is 0 Å². The number of nitrogens with one attached hydrogen (secondary N) is 2. The molecule has 0 heterocycles. The number of benzene rings is 1. The minimum atomic E-state index is -3.49. The third-order valence-corrected chi connectivity index (χ3v) is 5.99. The van der Waals surface area contributed by atoms with Crippen molar-refractivity contribution in [3.63, 3.8) is 0 Å². The van der Waals surface area contributed by atoms with Crippen molar-refractivity contribution < 1.29 is 8.42 Å². The molecule has 0 saturated heterocycles. The van der Waals surface area contributed by atoms with E-state index in [0.717, 1.165) is 29.7 Å². The fourth-order valence-corrected chi connectivity index (χ4v) is 4.73. The van der Waals surface area contributed by atoms with Crippen LogP contribution in [0.15, 0.2) is 17.0 Å². The summed E-state index contributed by atoms with van der Waals surface area (Å²) in [5.74, 6) is 0.453. The summed E-state index contributed by atoms with van der Waals surface area (Å²) >= 11 is 0. The molecule has 1 saturated carbocycles. The van der Waals surface area contributed by atoms with E-state index in [2.05, 4.69) is 10.0 Å². The first-order valence-corrected chi connectivity index (χ1v) is 8.48. The molecule has 0 atom stereocenters. The number of rotatable bonds is 5. The Morgan fingerprint density at radius 3 is 2.05 bits per heavy atom. The summed E-state index contributed by atoms with van der Waals surface area (Å²) in [6.45, 7) is 7.61. The van der Waals surface area contributed by atoms with Crippen LogP contribution in [0.4, 0.5) is 5.69 Å². The first kappa shape index (κ1) is 15.3. The van der Waals surface area contributed by atoms with E-state index in [-0.39, 0.29) is 5.54 Å². The highest BCUT2D eigenvalue weighted by Gasteiger charge is 2.41. The largest absolute Gasteiger partial charge is 0.388 e. The van der Waals surface area contributed by atoms with E-state index in [1.807, 2.05) is 46.9 Å². The predicted molar refractivity (Wildman–Crippen MR) is 82.6 cm³/mol. The second-order valence-corrected chi connectivity index (χ2v) is 7.91. The predicted octanol–water partition coefficient (Wildman–Crippen LogP) is 2.81. The molecular formula is C15H24N2O2S. The molecule has 20 heavy (non-hydrogen) atoms. The molecule has 2 N–H and O–H groups in total. The molecule has 4 nitrogen and oxygen atoms in total. The highest BCUT2D eigenvalue weighted by atomic mass is 32.2. The van der Waals surface area contributed by atoms with Crippen LogP contribution in [0.25, 0.3) is 0 Å². The Labute approximate surface area is 122 Å². The molecule has 1 fully saturated rings. The van der Waals surface area contributed by atoms with E-state index < -0.39 is 10.0 Å². The van der Waals surface area contributed by atoms with Gasteiger partial charge >= 0.3 is 0 Å². The van der Waals surface area contributed by atoms with Gasteiger partial charge in [-0.1, -0.05) is 0 Å². The molecular weight excluding hydrogens is 272 g/mol. The molecule has 0 radical (unpaired) electrons. The van der Waals surface area contributed by atoms with E-state index >= 15 is 0 Å². The molecule has 1 aliphatic carbocycles. The summed E-state index contributed by atoms with van der Waals surface area (Å²) in [6, 6.07) is 3.73. The Morgan fingerprint density at radius 2 is 1.65 bits per heavy atom. The van der Waals surface area contributed by atoms with Gasteiger partial charge in [0.1, 0.15) is 0 Å². The quantitative estimate of drug-likeness (QED) is 0.878. The highest BCUT2D eigenvalue weighted by Crippen LogP contribution is 2.40. The minimum absolute atomic E-state index is 0.376. The second kappa shape index (κ2) is 5.04. The number of anilines is 1. The molecule has 1 aromatic carbocycles.